The van der Waals surface area contributed by atoms with Gasteiger partial charge in [0, 0.05) is 30.1 Å². The van der Waals surface area contributed by atoms with Crippen LogP contribution in [0.5, 0.6) is 0 Å². The Hall–Kier alpha value is -0.420. The van der Waals surface area contributed by atoms with Crippen LogP contribution in [-0.4, -0.2) is 45.3 Å². The van der Waals surface area contributed by atoms with E-state index < -0.39 is 0 Å². The highest BCUT2D eigenvalue weighted by molar-refractivity contribution is 9.10. The molecule has 1 aromatic rings. The minimum absolute atomic E-state index is 0.306. The molecule has 1 aliphatic rings. The normalized spacial score (nSPS) is 18.4. The molecule has 112 valence electrons. The van der Waals surface area contributed by atoms with Gasteiger partial charge in [0.05, 0.1) is 6.61 Å². The van der Waals surface area contributed by atoms with Gasteiger partial charge < -0.3 is 15.0 Å². The van der Waals surface area contributed by atoms with Crippen LogP contribution >= 0.6 is 15.9 Å². The first kappa shape index (κ1) is 16.0. The summed E-state index contributed by atoms with van der Waals surface area (Å²) in [4.78, 5) is 2.42. The standard InChI is InChI=1S/C16H25BrN2O/c1-19(11-14-4-3-5-15(17)10-14)12-16(13-20-2)6-8-18-9-7-16/h3-5,10,18H,6-9,11-13H2,1-2H3. The minimum Gasteiger partial charge on any atom is -0.384 e. The predicted molar refractivity (Wildman–Crippen MR) is 86.9 cm³/mol. The van der Waals surface area contributed by atoms with Crippen LogP contribution in [0, 0.1) is 5.41 Å². The Kier molecular flexibility index (Phi) is 6.02. The number of halogens is 1. The number of methoxy groups -OCH3 is 1. The molecule has 2 rings (SSSR count). The SMILES string of the molecule is COCC1(CN(C)Cc2cccc(Br)c2)CCNCC1. The third-order valence-corrected chi connectivity index (χ3v) is 4.55. The zero-order valence-electron chi connectivity index (χ0n) is 12.5. The van der Waals surface area contributed by atoms with E-state index in [4.69, 9.17) is 4.74 Å². The summed E-state index contributed by atoms with van der Waals surface area (Å²) >= 11 is 3.54. The van der Waals surface area contributed by atoms with E-state index in [1.807, 2.05) is 7.11 Å². The average molecular weight is 341 g/mol. The summed E-state index contributed by atoms with van der Waals surface area (Å²) in [5.74, 6) is 0. The molecule has 1 N–H and O–H groups in total. The van der Waals surface area contributed by atoms with Crippen molar-refractivity contribution in [2.75, 3.05) is 40.4 Å². The minimum atomic E-state index is 0.306. The van der Waals surface area contributed by atoms with Crippen molar-refractivity contribution >= 4 is 15.9 Å². The Balaban J connectivity index is 1.95. The summed E-state index contributed by atoms with van der Waals surface area (Å²) < 4.78 is 6.64. The highest BCUT2D eigenvalue weighted by Gasteiger charge is 2.33. The topological polar surface area (TPSA) is 24.5 Å². The molecule has 0 saturated carbocycles. The highest BCUT2D eigenvalue weighted by atomic mass is 79.9. The van der Waals surface area contributed by atoms with Crippen molar-refractivity contribution in [3.05, 3.63) is 34.3 Å². The highest BCUT2D eigenvalue weighted by Crippen LogP contribution is 2.30. The molecule has 3 nitrogen and oxygen atoms in total. The molecule has 0 bridgehead atoms. The van der Waals surface area contributed by atoms with Gasteiger partial charge in [-0.05, 0) is 50.7 Å². The van der Waals surface area contributed by atoms with Crippen molar-refractivity contribution in [3.8, 4) is 0 Å². The molecule has 0 amide bonds. The molecule has 0 spiro atoms. The van der Waals surface area contributed by atoms with Crippen LogP contribution in [0.4, 0.5) is 0 Å². The van der Waals surface area contributed by atoms with Crippen LogP contribution in [-0.2, 0) is 11.3 Å². The Morgan fingerprint density at radius 1 is 1.35 bits per heavy atom. The molecule has 4 heteroatoms. The fraction of sp³-hybridized carbons (Fsp3) is 0.625. The third-order valence-electron chi connectivity index (χ3n) is 4.06. The molecule has 0 radical (unpaired) electrons. The number of hydrogen-bond donors (Lipinski definition) is 1. The first-order valence-corrected chi connectivity index (χ1v) is 8.05. The number of nitrogens with one attached hydrogen (secondary N) is 1. The molecular weight excluding hydrogens is 316 g/mol. The van der Waals surface area contributed by atoms with E-state index in [2.05, 4.69) is 57.5 Å². The first-order valence-electron chi connectivity index (χ1n) is 7.26. The van der Waals surface area contributed by atoms with Crippen molar-refractivity contribution < 1.29 is 4.74 Å². The second kappa shape index (κ2) is 7.55. The Bertz CT molecular complexity index is 413. The first-order chi connectivity index (χ1) is 9.63. The zero-order chi connectivity index (χ0) is 14.4. The van der Waals surface area contributed by atoms with Crippen LogP contribution in [0.25, 0.3) is 0 Å². The lowest BCUT2D eigenvalue weighted by Crippen LogP contribution is -2.46. The second-order valence-electron chi connectivity index (χ2n) is 5.99. The van der Waals surface area contributed by atoms with Crippen molar-refractivity contribution in [3.63, 3.8) is 0 Å². The summed E-state index contributed by atoms with van der Waals surface area (Å²) in [5.41, 5.74) is 1.66. The lowest BCUT2D eigenvalue weighted by Gasteiger charge is -2.40. The lowest BCUT2D eigenvalue weighted by molar-refractivity contribution is 0.0269. The van der Waals surface area contributed by atoms with Gasteiger partial charge in [0.2, 0.25) is 0 Å². The van der Waals surface area contributed by atoms with Crippen molar-refractivity contribution in [2.45, 2.75) is 19.4 Å². The van der Waals surface area contributed by atoms with Gasteiger partial charge in [-0.3, -0.25) is 0 Å². The van der Waals surface area contributed by atoms with Crippen LogP contribution in [0.3, 0.4) is 0 Å². The summed E-state index contributed by atoms with van der Waals surface area (Å²) in [7, 11) is 4.03. The van der Waals surface area contributed by atoms with E-state index >= 15 is 0 Å². The van der Waals surface area contributed by atoms with Gasteiger partial charge >= 0.3 is 0 Å². The molecule has 0 aliphatic carbocycles. The molecule has 0 atom stereocenters. The van der Waals surface area contributed by atoms with Crippen LogP contribution in [0.1, 0.15) is 18.4 Å². The van der Waals surface area contributed by atoms with E-state index in [0.29, 0.717) is 5.41 Å². The van der Waals surface area contributed by atoms with Crippen LogP contribution < -0.4 is 5.32 Å². The maximum atomic E-state index is 5.49. The van der Waals surface area contributed by atoms with E-state index in [0.717, 1.165) is 37.3 Å². The molecule has 20 heavy (non-hydrogen) atoms. The van der Waals surface area contributed by atoms with E-state index in [1.165, 1.54) is 18.4 Å². The molecule has 1 aromatic carbocycles. The van der Waals surface area contributed by atoms with Gasteiger partial charge in [-0.1, -0.05) is 28.1 Å². The summed E-state index contributed by atoms with van der Waals surface area (Å²) in [6, 6.07) is 8.56. The largest absolute Gasteiger partial charge is 0.384 e. The quantitative estimate of drug-likeness (QED) is 0.861. The number of rotatable bonds is 6. The van der Waals surface area contributed by atoms with E-state index in [1.54, 1.807) is 0 Å². The number of nitrogens with zero attached hydrogens (tertiary/aromatic N) is 1. The second-order valence-corrected chi connectivity index (χ2v) is 6.90. The van der Waals surface area contributed by atoms with Gasteiger partial charge in [-0.15, -0.1) is 0 Å². The fourth-order valence-corrected chi connectivity index (χ4v) is 3.63. The van der Waals surface area contributed by atoms with Crippen molar-refractivity contribution in [1.82, 2.24) is 10.2 Å². The Morgan fingerprint density at radius 2 is 2.10 bits per heavy atom. The predicted octanol–water partition coefficient (Wildman–Crippen LogP) is 2.90. The van der Waals surface area contributed by atoms with Crippen molar-refractivity contribution in [2.24, 2.45) is 5.41 Å². The average Bonchev–Trinajstić information content (AvgIpc) is 2.39. The number of benzene rings is 1. The third kappa shape index (κ3) is 4.55. The molecular formula is C16H25BrN2O. The van der Waals surface area contributed by atoms with Gasteiger partial charge in [0.1, 0.15) is 0 Å². The number of hydrogen-bond acceptors (Lipinski definition) is 3. The Labute approximate surface area is 130 Å². The maximum absolute atomic E-state index is 5.49. The molecule has 1 heterocycles. The fourth-order valence-electron chi connectivity index (χ4n) is 3.19. The Morgan fingerprint density at radius 3 is 2.75 bits per heavy atom. The van der Waals surface area contributed by atoms with E-state index in [-0.39, 0.29) is 0 Å². The van der Waals surface area contributed by atoms with Gasteiger partial charge in [-0.2, -0.15) is 0 Å². The monoisotopic (exact) mass is 340 g/mol. The molecule has 1 fully saturated rings. The van der Waals surface area contributed by atoms with Crippen LogP contribution in [0.15, 0.2) is 28.7 Å². The van der Waals surface area contributed by atoms with Crippen molar-refractivity contribution in [1.29, 1.82) is 0 Å². The maximum Gasteiger partial charge on any atom is 0.0531 e. The summed E-state index contributed by atoms with van der Waals surface area (Å²) in [5, 5.41) is 3.45. The number of ether oxygens (including phenoxy) is 1. The van der Waals surface area contributed by atoms with E-state index in [9.17, 15) is 0 Å². The smallest absolute Gasteiger partial charge is 0.0531 e. The summed E-state index contributed by atoms with van der Waals surface area (Å²) in [6.07, 6.45) is 2.40. The molecule has 0 unspecified atom stereocenters. The molecule has 0 aromatic heterocycles. The van der Waals surface area contributed by atoms with Crippen LogP contribution in [0.2, 0.25) is 0 Å². The van der Waals surface area contributed by atoms with Gasteiger partial charge in [0.15, 0.2) is 0 Å². The summed E-state index contributed by atoms with van der Waals surface area (Å²) in [6.45, 7) is 5.15. The molecule has 1 aliphatic heterocycles. The van der Waals surface area contributed by atoms with Gasteiger partial charge in [-0.25, -0.2) is 0 Å². The zero-order valence-corrected chi connectivity index (χ0v) is 14.1. The lowest BCUT2D eigenvalue weighted by atomic mass is 9.79. The molecule has 1 saturated heterocycles. The van der Waals surface area contributed by atoms with Gasteiger partial charge in [0.25, 0.3) is 0 Å². The number of piperidine rings is 1.